The Morgan fingerprint density at radius 2 is 2.09 bits per heavy atom. The lowest BCUT2D eigenvalue weighted by molar-refractivity contribution is 0.126. The van der Waals surface area contributed by atoms with E-state index in [0.29, 0.717) is 6.01 Å². The quantitative estimate of drug-likeness (QED) is 0.723. The fourth-order valence-electron chi connectivity index (χ4n) is 3.67. The lowest BCUT2D eigenvalue weighted by Crippen LogP contribution is -2.35. The van der Waals surface area contributed by atoms with Crippen LogP contribution in [0.1, 0.15) is 31.4 Å². The van der Waals surface area contributed by atoms with Gasteiger partial charge in [-0.25, -0.2) is 9.97 Å². The highest BCUT2D eigenvalue weighted by molar-refractivity contribution is 5.04. The number of fused-ring (bicyclic) bond motifs is 1. The fraction of sp³-hybridized carbons (Fsp3) is 0.579. The molecular weight excluding hydrogens is 286 g/mol. The van der Waals surface area contributed by atoms with E-state index in [-0.39, 0.29) is 6.10 Å². The zero-order chi connectivity index (χ0) is 16.1. The van der Waals surface area contributed by atoms with E-state index in [4.69, 9.17) is 4.74 Å². The van der Waals surface area contributed by atoms with Crippen molar-refractivity contribution in [2.24, 2.45) is 11.8 Å². The fourth-order valence-corrected chi connectivity index (χ4v) is 3.67. The summed E-state index contributed by atoms with van der Waals surface area (Å²) in [5, 5.41) is 0. The summed E-state index contributed by atoms with van der Waals surface area (Å²) in [6.45, 7) is 9.14. The summed E-state index contributed by atoms with van der Waals surface area (Å²) < 4.78 is 6.09. The average Bonchev–Trinajstić information content (AvgIpc) is 2.95. The van der Waals surface area contributed by atoms with E-state index in [0.717, 1.165) is 36.9 Å². The maximum Gasteiger partial charge on any atom is 0.316 e. The van der Waals surface area contributed by atoms with Crippen LogP contribution < -0.4 is 4.74 Å². The van der Waals surface area contributed by atoms with Gasteiger partial charge in [-0.3, -0.25) is 4.90 Å². The van der Waals surface area contributed by atoms with E-state index < -0.39 is 0 Å². The molecule has 3 rings (SSSR count). The van der Waals surface area contributed by atoms with Crippen LogP contribution in [0, 0.1) is 18.8 Å². The van der Waals surface area contributed by atoms with Gasteiger partial charge in [0.2, 0.25) is 0 Å². The molecule has 0 spiro atoms. The molecule has 1 aromatic heterocycles. The van der Waals surface area contributed by atoms with Crippen LogP contribution in [0.5, 0.6) is 6.01 Å². The van der Waals surface area contributed by atoms with Crippen molar-refractivity contribution >= 4 is 0 Å². The molecule has 0 aromatic carbocycles. The third kappa shape index (κ3) is 4.41. The first-order chi connectivity index (χ1) is 11.2. The van der Waals surface area contributed by atoms with Crippen molar-refractivity contribution < 1.29 is 4.74 Å². The smallest absolute Gasteiger partial charge is 0.316 e. The third-order valence-corrected chi connectivity index (χ3v) is 4.90. The van der Waals surface area contributed by atoms with Crippen molar-refractivity contribution in [2.75, 3.05) is 19.6 Å². The number of hydrogen-bond acceptors (Lipinski definition) is 4. The van der Waals surface area contributed by atoms with Crippen molar-refractivity contribution in [3.05, 3.63) is 42.8 Å². The van der Waals surface area contributed by atoms with Crippen LogP contribution in [0.2, 0.25) is 0 Å². The number of ether oxygens (including phenoxy) is 1. The Kier molecular flexibility index (Phi) is 5.44. The van der Waals surface area contributed by atoms with E-state index in [1.54, 1.807) is 6.20 Å². The van der Waals surface area contributed by atoms with Crippen LogP contribution in [0.3, 0.4) is 0 Å². The minimum Gasteiger partial charge on any atom is -0.459 e. The molecule has 0 saturated carbocycles. The van der Waals surface area contributed by atoms with Gasteiger partial charge in [0.15, 0.2) is 0 Å². The molecule has 1 unspecified atom stereocenters. The van der Waals surface area contributed by atoms with E-state index in [9.17, 15) is 0 Å². The number of aryl methyl sites for hydroxylation is 1. The zero-order valence-corrected chi connectivity index (χ0v) is 14.0. The van der Waals surface area contributed by atoms with E-state index >= 15 is 0 Å². The van der Waals surface area contributed by atoms with Gasteiger partial charge in [-0.1, -0.05) is 18.2 Å². The lowest BCUT2D eigenvalue weighted by atomic mass is 9.86. The van der Waals surface area contributed by atoms with E-state index in [1.165, 1.54) is 25.9 Å². The standard InChI is InChI=1S/C19H27N3O/c1-3-4-9-18(23-19-20-11-10-15(2)21-19)14-22-12-16-7-5-6-8-17(16)13-22/h3,5-6,10-11,16-18H,1,4,7-9,12-14H2,2H3/t16-,17+,18?. The summed E-state index contributed by atoms with van der Waals surface area (Å²) in [6.07, 6.45) is 12.9. The molecule has 2 heterocycles. The Bertz CT molecular complexity index is 541. The largest absolute Gasteiger partial charge is 0.459 e. The molecule has 23 heavy (non-hydrogen) atoms. The number of aromatic nitrogens is 2. The number of nitrogens with zero attached hydrogens (tertiary/aromatic N) is 3. The van der Waals surface area contributed by atoms with Gasteiger partial charge in [-0.05, 0) is 50.5 Å². The van der Waals surface area contributed by atoms with Crippen LogP contribution in [0.15, 0.2) is 37.1 Å². The zero-order valence-electron chi connectivity index (χ0n) is 14.0. The molecule has 2 aliphatic rings. The van der Waals surface area contributed by atoms with Crippen LogP contribution in [-0.4, -0.2) is 40.6 Å². The molecule has 4 heteroatoms. The molecule has 1 fully saturated rings. The van der Waals surface area contributed by atoms with Crippen LogP contribution in [0.25, 0.3) is 0 Å². The van der Waals surface area contributed by atoms with Gasteiger partial charge in [0.1, 0.15) is 6.10 Å². The first kappa shape index (κ1) is 16.2. The van der Waals surface area contributed by atoms with Gasteiger partial charge in [-0.2, -0.15) is 0 Å². The Hall–Kier alpha value is -1.68. The number of likely N-dealkylation sites (tertiary alicyclic amines) is 1. The molecule has 0 radical (unpaired) electrons. The van der Waals surface area contributed by atoms with Crippen LogP contribution in [0.4, 0.5) is 0 Å². The monoisotopic (exact) mass is 313 g/mol. The molecular formula is C19H27N3O. The topological polar surface area (TPSA) is 38.2 Å². The molecule has 1 aromatic rings. The number of hydrogen-bond donors (Lipinski definition) is 0. The summed E-state index contributed by atoms with van der Waals surface area (Å²) in [5.41, 5.74) is 0.940. The minimum atomic E-state index is 0.128. The van der Waals surface area contributed by atoms with E-state index in [1.807, 2.05) is 19.1 Å². The lowest BCUT2D eigenvalue weighted by Gasteiger charge is -2.23. The molecule has 3 atom stereocenters. The van der Waals surface area contributed by atoms with Crippen molar-refractivity contribution in [3.63, 3.8) is 0 Å². The summed E-state index contributed by atoms with van der Waals surface area (Å²) in [4.78, 5) is 11.2. The van der Waals surface area contributed by atoms with Gasteiger partial charge in [0.05, 0.1) is 0 Å². The Labute approximate surface area is 139 Å². The van der Waals surface area contributed by atoms with Gasteiger partial charge >= 0.3 is 6.01 Å². The molecule has 124 valence electrons. The Balaban J connectivity index is 1.59. The summed E-state index contributed by atoms with van der Waals surface area (Å²) >= 11 is 0. The SMILES string of the molecule is C=CCCC(CN1C[C@H]2CC=CC[C@H]2C1)Oc1nccc(C)n1. The summed E-state index contributed by atoms with van der Waals surface area (Å²) in [7, 11) is 0. The van der Waals surface area contributed by atoms with Gasteiger partial charge in [-0.15, -0.1) is 6.58 Å². The molecule has 0 N–H and O–H groups in total. The second-order valence-corrected chi connectivity index (χ2v) is 6.77. The van der Waals surface area contributed by atoms with Gasteiger partial charge in [0, 0.05) is 31.5 Å². The molecule has 4 nitrogen and oxygen atoms in total. The molecule has 1 saturated heterocycles. The molecule has 1 aliphatic carbocycles. The molecule has 0 amide bonds. The maximum atomic E-state index is 6.09. The van der Waals surface area contributed by atoms with Crippen LogP contribution in [-0.2, 0) is 0 Å². The van der Waals surface area contributed by atoms with Crippen molar-refractivity contribution in [1.82, 2.24) is 14.9 Å². The summed E-state index contributed by atoms with van der Waals surface area (Å²) in [6, 6.07) is 2.39. The second kappa shape index (κ2) is 7.73. The number of rotatable bonds is 7. The Morgan fingerprint density at radius 3 is 2.74 bits per heavy atom. The highest BCUT2D eigenvalue weighted by atomic mass is 16.5. The maximum absolute atomic E-state index is 6.09. The van der Waals surface area contributed by atoms with Crippen LogP contribution >= 0.6 is 0 Å². The average molecular weight is 313 g/mol. The summed E-state index contributed by atoms with van der Waals surface area (Å²) in [5.74, 6) is 1.66. The highest BCUT2D eigenvalue weighted by Crippen LogP contribution is 2.33. The predicted molar refractivity (Wildman–Crippen MR) is 92.4 cm³/mol. The third-order valence-electron chi connectivity index (χ3n) is 4.90. The molecule has 0 bridgehead atoms. The first-order valence-corrected chi connectivity index (χ1v) is 8.69. The first-order valence-electron chi connectivity index (χ1n) is 8.69. The second-order valence-electron chi connectivity index (χ2n) is 6.77. The van der Waals surface area contributed by atoms with Crippen molar-refractivity contribution in [2.45, 2.75) is 38.7 Å². The molecule has 1 aliphatic heterocycles. The van der Waals surface area contributed by atoms with Gasteiger partial charge < -0.3 is 4.74 Å². The normalized spacial score (nSPS) is 25.1. The minimum absolute atomic E-state index is 0.128. The van der Waals surface area contributed by atoms with Crippen molar-refractivity contribution in [1.29, 1.82) is 0 Å². The number of allylic oxidation sites excluding steroid dienone is 3. The van der Waals surface area contributed by atoms with Crippen molar-refractivity contribution in [3.8, 4) is 6.01 Å². The van der Waals surface area contributed by atoms with E-state index in [2.05, 4.69) is 33.6 Å². The Morgan fingerprint density at radius 1 is 1.35 bits per heavy atom. The van der Waals surface area contributed by atoms with Gasteiger partial charge in [0.25, 0.3) is 0 Å². The predicted octanol–water partition coefficient (Wildman–Crippen LogP) is 3.40. The highest BCUT2D eigenvalue weighted by Gasteiger charge is 2.33.